The van der Waals surface area contributed by atoms with Crippen molar-refractivity contribution in [3.05, 3.63) is 47.8 Å². The number of piperidine rings is 1. The molecule has 0 aliphatic carbocycles. The van der Waals surface area contributed by atoms with Gasteiger partial charge in [-0.1, -0.05) is 12.1 Å². The van der Waals surface area contributed by atoms with Crippen LogP contribution < -0.4 is 4.74 Å². The van der Waals surface area contributed by atoms with Crippen LogP contribution in [0.1, 0.15) is 36.2 Å². The summed E-state index contributed by atoms with van der Waals surface area (Å²) >= 11 is 0. The van der Waals surface area contributed by atoms with Crippen LogP contribution in [0.4, 0.5) is 13.2 Å². The number of carboxylic acid groups (broad SMARTS) is 1. The predicted molar refractivity (Wildman–Crippen MR) is 90.4 cm³/mol. The molecule has 146 valence electrons. The number of rotatable bonds is 5. The normalized spacial score (nSPS) is 17.6. The number of ether oxygens (including phenoxy) is 1. The highest BCUT2D eigenvalue weighted by molar-refractivity contribution is 5.75. The highest BCUT2D eigenvalue weighted by atomic mass is 19.4. The zero-order valence-electron chi connectivity index (χ0n) is 14.7. The molecule has 2 heterocycles. The average molecular weight is 383 g/mol. The third-order valence-electron chi connectivity index (χ3n) is 4.78. The van der Waals surface area contributed by atoms with Gasteiger partial charge in [0, 0.05) is 19.3 Å². The van der Waals surface area contributed by atoms with Gasteiger partial charge in [0.05, 0.1) is 13.2 Å². The second-order valence-corrected chi connectivity index (χ2v) is 6.46. The van der Waals surface area contributed by atoms with Crippen LogP contribution in [0.15, 0.2) is 36.5 Å². The smallest absolute Gasteiger partial charge is 0.435 e. The van der Waals surface area contributed by atoms with Crippen LogP contribution in [-0.2, 0) is 11.0 Å². The van der Waals surface area contributed by atoms with Crippen molar-refractivity contribution in [2.75, 3.05) is 20.2 Å². The molecule has 0 bridgehead atoms. The fourth-order valence-electron chi connectivity index (χ4n) is 3.42. The lowest BCUT2D eigenvalue weighted by Crippen LogP contribution is -2.40. The van der Waals surface area contributed by atoms with E-state index in [9.17, 15) is 23.1 Å². The molecule has 1 aliphatic rings. The maximum Gasteiger partial charge on any atom is 0.435 e. The molecule has 1 aromatic heterocycles. The summed E-state index contributed by atoms with van der Waals surface area (Å²) in [7, 11) is 1.51. The van der Waals surface area contributed by atoms with E-state index in [0.717, 1.165) is 6.07 Å². The van der Waals surface area contributed by atoms with Gasteiger partial charge < -0.3 is 9.84 Å². The van der Waals surface area contributed by atoms with E-state index < -0.39 is 23.9 Å². The second-order valence-electron chi connectivity index (χ2n) is 6.46. The average Bonchev–Trinajstić information content (AvgIpc) is 3.13. The van der Waals surface area contributed by atoms with Crippen molar-refractivity contribution < 1.29 is 27.8 Å². The summed E-state index contributed by atoms with van der Waals surface area (Å²) < 4.78 is 44.6. The van der Waals surface area contributed by atoms with E-state index in [4.69, 9.17) is 4.74 Å². The molecular weight excluding hydrogens is 363 g/mol. The minimum Gasteiger partial charge on any atom is -0.497 e. The number of aliphatic carboxylic acids is 1. The van der Waals surface area contributed by atoms with E-state index in [0.29, 0.717) is 37.2 Å². The van der Waals surface area contributed by atoms with Crippen LogP contribution in [0, 0.1) is 0 Å². The van der Waals surface area contributed by atoms with E-state index >= 15 is 0 Å². The number of likely N-dealkylation sites (tertiary alicyclic amines) is 1. The Morgan fingerprint density at radius 3 is 2.56 bits per heavy atom. The maximum absolute atomic E-state index is 12.7. The maximum atomic E-state index is 12.7. The molecule has 1 N–H and O–H groups in total. The zero-order chi connectivity index (χ0) is 19.6. The standard InChI is InChI=1S/C18H20F3N3O3/c1-27-14-4-2-3-12(11-14)16(17(25)26)23-8-5-13(6-9-23)24-10-7-15(22-24)18(19,20)21/h2-4,7,10-11,13,16H,5-6,8-9H2,1H3,(H,25,26). The lowest BCUT2D eigenvalue weighted by atomic mass is 9.99. The third kappa shape index (κ3) is 4.24. The van der Waals surface area contributed by atoms with Gasteiger partial charge in [0.25, 0.3) is 0 Å². The quantitative estimate of drug-likeness (QED) is 0.858. The zero-order valence-corrected chi connectivity index (χ0v) is 14.7. The molecule has 1 aliphatic heterocycles. The second kappa shape index (κ2) is 7.59. The largest absolute Gasteiger partial charge is 0.497 e. The number of aromatic nitrogens is 2. The molecule has 1 aromatic carbocycles. The number of halogens is 3. The molecule has 6 nitrogen and oxygen atoms in total. The van der Waals surface area contributed by atoms with Crippen LogP contribution in [0.2, 0.25) is 0 Å². The Labute approximate surface area is 154 Å². The van der Waals surface area contributed by atoms with Gasteiger partial charge in [0.1, 0.15) is 11.8 Å². The number of carbonyl (C=O) groups is 1. The molecule has 0 spiro atoms. The van der Waals surface area contributed by atoms with Gasteiger partial charge in [0.2, 0.25) is 0 Å². The number of hydrogen-bond donors (Lipinski definition) is 1. The number of nitrogens with zero attached hydrogens (tertiary/aromatic N) is 3. The predicted octanol–water partition coefficient (Wildman–Crippen LogP) is 3.37. The Morgan fingerprint density at radius 1 is 1.30 bits per heavy atom. The van der Waals surface area contributed by atoms with Gasteiger partial charge in [-0.2, -0.15) is 18.3 Å². The fraction of sp³-hybridized carbons (Fsp3) is 0.444. The van der Waals surface area contributed by atoms with Crippen molar-refractivity contribution in [3.8, 4) is 5.75 Å². The summed E-state index contributed by atoms with van der Waals surface area (Å²) in [4.78, 5) is 13.7. The lowest BCUT2D eigenvalue weighted by molar-refractivity contribution is -0.144. The van der Waals surface area contributed by atoms with E-state index in [1.165, 1.54) is 18.0 Å². The van der Waals surface area contributed by atoms with Crippen molar-refractivity contribution in [2.24, 2.45) is 0 Å². The molecule has 0 saturated carbocycles. The van der Waals surface area contributed by atoms with Gasteiger partial charge in [0.15, 0.2) is 5.69 Å². The molecule has 1 saturated heterocycles. The Hall–Kier alpha value is -2.55. The number of hydrogen-bond acceptors (Lipinski definition) is 4. The first-order chi connectivity index (χ1) is 12.8. The molecule has 27 heavy (non-hydrogen) atoms. The van der Waals surface area contributed by atoms with Crippen LogP contribution >= 0.6 is 0 Å². The van der Waals surface area contributed by atoms with Crippen molar-refractivity contribution >= 4 is 5.97 Å². The lowest BCUT2D eigenvalue weighted by Gasteiger charge is -2.36. The number of carboxylic acids is 1. The molecule has 3 rings (SSSR count). The highest BCUT2D eigenvalue weighted by Gasteiger charge is 2.35. The summed E-state index contributed by atoms with van der Waals surface area (Å²) in [5, 5.41) is 13.3. The SMILES string of the molecule is COc1cccc(C(C(=O)O)N2CCC(n3ccc(C(F)(F)F)n3)CC2)c1. The summed E-state index contributed by atoms with van der Waals surface area (Å²) in [5.74, 6) is -0.398. The Bertz CT molecular complexity index is 798. The van der Waals surface area contributed by atoms with E-state index in [1.807, 2.05) is 4.90 Å². The number of alkyl halides is 3. The van der Waals surface area contributed by atoms with Crippen molar-refractivity contribution in [3.63, 3.8) is 0 Å². The summed E-state index contributed by atoms with van der Waals surface area (Å²) in [6.07, 6.45) is -2.09. The fourth-order valence-corrected chi connectivity index (χ4v) is 3.42. The third-order valence-corrected chi connectivity index (χ3v) is 4.78. The first-order valence-electron chi connectivity index (χ1n) is 8.52. The van der Waals surface area contributed by atoms with Gasteiger partial charge >= 0.3 is 12.1 Å². The van der Waals surface area contributed by atoms with Crippen molar-refractivity contribution in [2.45, 2.75) is 31.1 Å². The van der Waals surface area contributed by atoms with E-state index in [-0.39, 0.29) is 6.04 Å². The van der Waals surface area contributed by atoms with Crippen LogP contribution in [0.5, 0.6) is 5.75 Å². The topological polar surface area (TPSA) is 67.6 Å². The molecule has 1 fully saturated rings. The first-order valence-corrected chi connectivity index (χ1v) is 8.52. The Morgan fingerprint density at radius 2 is 2.00 bits per heavy atom. The molecule has 0 amide bonds. The van der Waals surface area contributed by atoms with Gasteiger partial charge in [-0.15, -0.1) is 0 Å². The van der Waals surface area contributed by atoms with Crippen molar-refractivity contribution in [1.29, 1.82) is 0 Å². The molecule has 2 aromatic rings. The Kier molecular flexibility index (Phi) is 5.41. The van der Waals surface area contributed by atoms with Gasteiger partial charge in [-0.05, 0) is 36.6 Å². The summed E-state index contributed by atoms with van der Waals surface area (Å²) in [6, 6.07) is 6.85. The van der Waals surface area contributed by atoms with Crippen LogP contribution in [-0.4, -0.2) is 46.0 Å². The first kappa shape index (κ1) is 19.2. The minimum atomic E-state index is -4.47. The Balaban J connectivity index is 1.71. The van der Waals surface area contributed by atoms with Gasteiger partial charge in [-0.25, -0.2) is 0 Å². The van der Waals surface area contributed by atoms with Crippen LogP contribution in [0.25, 0.3) is 0 Å². The molecule has 1 unspecified atom stereocenters. The van der Waals surface area contributed by atoms with Crippen molar-refractivity contribution in [1.82, 2.24) is 14.7 Å². The number of methoxy groups -OCH3 is 1. The minimum absolute atomic E-state index is 0.183. The monoisotopic (exact) mass is 383 g/mol. The molecular formula is C18H20F3N3O3. The van der Waals surface area contributed by atoms with Crippen LogP contribution in [0.3, 0.4) is 0 Å². The highest BCUT2D eigenvalue weighted by Crippen LogP contribution is 2.32. The molecule has 9 heteroatoms. The summed E-state index contributed by atoms with van der Waals surface area (Å²) in [6.45, 7) is 0.889. The number of benzene rings is 1. The summed E-state index contributed by atoms with van der Waals surface area (Å²) in [5.41, 5.74) is -0.302. The molecule has 0 radical (unpaired) electrons. The van der Waals surface area contributed by atoms with E-state index in [2.05, 4.69) is 5.10 Å². The van der Waals surface area contributed by atoms with Gasteiger partial charge in [-0.3, -0.25) is 14.4 Å². The van der Waals surface area contributed by atoms with E-state index in [1.54, 1.807) is 24.3 Å². The molecule has 1 atom stereocenters.